The molecule has 0 fully saturated rings. The minimum Gasteiger partial charge on any atom is -0.348 e. The Morgan fingerprint density at radius 1 is 0.900 bits per heavy atom. The summed E-state index contributed by atoms with van der Waals surface area (Å²) in [6.45, 7) is 0.832. The van der Waals surface area contributed by atoms with Crippen molar-refractivity contribution in [1.29, 1.82) is 0 Å². The number of nitrogens with one attached hydrogen (secondary N) is 1. The van der Waals surface area contributed by atoms with Crippen molar-refractivity contribution in [3.63, 3.8) is 0 Å². The average molecular weight is 260 g/mol. The molecule has 0 radical (unpaired) electrons. The van der Waals surface area contributed by atoms with E-state index in [0.29, 0.717) is 0 Å². The summed E-state index contributed by atoms with van der Waals surface area (Å²) in [5.74, 6) is 0. The maximum atomic E-state index is 4.60. The molecule has 20 heavy (non-hydrogen) atoms. The maximum Gasteiger partial charge on any atom is 0.287 e. The normalized spacial score (nSPS) is 11.2. The Labute approximate surface area is 116 Å². The van der Waals surface area contributed by atoms with Crippen molar-refractivity contribution in [1.82, 2.24) is 9.97 Å². The van der Waals surface area contributed by atoms with Crippen LogP contribution in [0, 0.1) is 0 Å². The summed E-state index contributed by atoms with van der Waals surface area (Å²) in [6.07, 6.45) is 4.02. The lowest BCUT2D eigenvalue weighted by Crippen LogP contribution is -2.34. The molecule has 0 aliphatic carbocycles. The summed E-state index contributed by atoms with van der Waals surface area (Å²) < 4.78 is 2.10. The average Bonchev–Trinajstić information content (AvgIpc) is 2.86. The van der Waals surface area contributed by atoms with Gasteiger partial charge in [-0.3, -0.25) is 0 Å². The zero-order valence-electron chi connectivity index (χ0n) is 11.0. The molecule has 3 nitrogen and oxygen atoms in total. The van der Waals surface area contributed by atoms with Gasteiger partial charge in [-0.05, 0) is 22.7 Å². The van der Waals surface area contributed by atoms with E-state index in [1.165, 1.54) is 10.9 Å². The number of para-hydroxylation sites is 1. The largest absolute Gasteiger partial charge is 0.348 e. The van der Waals surface area contributed by atoms with Crippen molar-refractivity contribution in [2.75, 3.05) is 0 Å². The summed E-state index contributed by atoms with van der Waals surface area (Å²) in [6, 6.07) is 18.7. The molecular formula is C17H14N3+. The predicted octanol–water partition coefficient (Wildman–Crippen LogP) is 3.05. The minimum atomic E-state index is 0.832. The number of hydrogen-bond donors (Lipinski definition) is 1. The Hall–Kier alpha value is -2.68. The van der Waals surface area contributed by atoms with Gasteiger partial charge in [0, 0.05) is 0 Å². The van der Waals surface area contributed by atoms with Gasteiger partial charge in [-0.1, -0.05) is 42.5 Å². The summed E-state index contributed by atoms with van der Waals surface area (Å²) in [4.78, 5) is 8.02. The van der Waals surface area contributed by atoms with Crippen molar-refractivity contribution < 1.29 is 4.57 Å². The quantitative estimate of drug-likeness (QED) is 0.552. The Balaban J connectivity index is 1.81. The molecule has 0 amide bonds. The third-order valence-electron chi connectivity index (χ3n) is 3.54. The van der Waals surface area contributed by atoms with Crippen LogP contribution in [0.3, 0.4) is 0 Å². The van der Waals surface area contributed by atoms with E-state index in [9.17, 15) is 0 Å². The summed E-state index contributed by atoms with van der Waals surface area (Å²) in [5, 5.41) is 1.18. The van der Waals surface area contributed by atoms with Crippen molar-refractivity contribution in [2.24, 2.45) is 0 Å². The van der Waals surface area contributed by atoms with Crippen LogP contribution in [-0.4, -0.2) is 9.97 Å². The number of nitrogens with zero attached hydrogens (tertiary/aromatic N) is 2. The first kappa shape index (κ1) is 11.2. The number of rotatable bonds is 2. The van der Waals surface area contributed by atoms with Gasteiger partial charge in [-0.2, -0.15) is 0 Å². The van der Waals surface area contributed by atoms with Crippen LogP contribution in [0.5, 0.6) is 0 Å². The molecule has 2 heterocycles. The third kappa shape index (κ3) is 1.84. The van der Waals surface area contributed by atoms with Crippen molar-refractivity contribution >= 4 is 21.9 Å². The monoisotopic (exact) mass is 260 g/mol. The fourth-order valence-electron chi connectivity index (χ4n) is 2.59. The molecule has 3 heteroatoms. The molecule has 0 spiro atoms. The first-order valence-corrected chi connectivity index (χ1v) is 6.69. The zero-order chi connectivity index (χ0) is 13.4. The van der Waals surface area contributed by atoms with E-state index in [0.717, 1.165) is 23.1 Å². The van der Waals surface area contributed by atoms with Gasteiger partial charge in [-0.25, -0.2) is 4.57 Å². The number of hydrogen-bond acceptors (Lipinski definition) is 1. The fraction of sp³-hybridized carbons (Fsp3) is 0.0588. The smallest absolute Gasteiger partial charge is 0.287 e. The van der Waals surface area contributed by atoms with E-state index in [1.807, 2.05) is 24.5 Å². The van der Waals surface area contributed by atoms with Crippen LogP contribution >= 0.6 is 0 Å². The molecule has 4 aromatic rings. The molecule has 0 atom stereocenters. The SMILES string of the molecule is c1ccc(C[n+]2cnc3c(c2)[nH]c2ccccc23)cc1. The Kier molecular flexibility index (Phi) is 2.49. The second-order valence-electron chi connectivity index (χ2n) is 4.96. The molecule has 0 bridgehead atoms. The van der Waals surface area contributed by atoms with Gasteiger partial charge in [0.05, 0.1) is 10.9 Å². The standard InChI is InChI=1S/C17H13N3/c1-2-6-13(7-3-1)10-20-11-16-17(18-12-20)14-8-4-5-9-15(14)19-16/h1-9,11-12H,10H2/p+1. The van der Waals surface area contributed by atoms with Gasteiger partial charge in [0.1, 0.15) is 18.3 Å². The van der Waals surface area contributed by atoms with Crippen LogP contribution in [0.2, 0.25) is 0 Å². The van der Waals surface area contributed by atoms with Gasteiger partial charge in [0.15, 0.2) is 0 Å². The van der Waals surface area contributed by atoms with Crippen LogP contribution in [0.25, 0.3) is 21.9 Å². The van der Waals surface area contributed by atoms with Gasteiger partial charge in [0.25, 0.3) is 6.33 Å². The van der Waals surface area contributed by atoms with Crippen molar-refractivity contribution in [2.45, 2.75) is 6.54 Å². The number of aromatic amines is 1. The Morgan fingerprint density at radius 2 is 1.70 bits per heavy atom. The first-order chi connectivity index (χ1) is 9.90. The molecule has 1 N–H and O–H groups in total. The van der Waals surface area contributed by atoms with E-state index in [1.54, 1.807) is 0 Å². The van der Waals surface area contributed by atoms with Gasteiger partial charge < -0.3 is 4.98 Å². The molecule has 0 saturated carbocycles. The summed E-state index contributed by atoms with van der Waals surface area (Å²) in [5.41, 5.74) is 4.51. The topological polar surface area (TPSA) is 32.6 Å². The number of benzene rings is 2. The molecule has 0 aliphatic heterocycles. The molecule has 0 saturated heterocycles. The van der Waals surface area contributed by atoms with Crippen LogP contribution in [0.1, 0.15) is 5.56 Å². The highest BCUT2D eigenvalue weighted by Gasteiger charge is 2.11. The van der Waals surface area contributed by atoms with Gasteiger partial charge in [0.2, 0.25) is 5.52 Å². The number of aromatic nitrogens is 3. The molecule has 0 aliphatic rings. The van der Waals surface area contributed by atoms with E-state index in [2.05, 4.69) is 57.1 Å². The molecular weight excluding hydrogens is 246 g/mol. The summed E-state index contributed by atoms with van der Waals surface area (Å²) in [7, 11) is 0. The highest BCUT2D eigenvalue weighted by atomic mass is 15.0. The Morgan fingerprint density at radius 3 is 2.60 bits per heavy atom. The van der Waals surface area contributed by atoms with Gasteiger partial charge >= 0.3 is 0 Å². The second kappa shape index (κ2) is 4.46. The van der Waals surface area contributed by atoms with E-state index in [-0.39, 0.29) is 0 Å². The lowest BCUT2D eigenvalue weighted by atomic mass is 10.2. The van der Waals surface area contributed by atoms with Gasteiger partial charge in [-0.15, -0.1) is 0 Å². The van der Waals surface area contributed by atoms with E-state index >= 15 is 0 Å². The van der Waals surface area contributed by atoms with Crippen LogP contribution < -0.4 is 4.57 Å². The fourth-order valence-corrected chi connectivity index (χ4v) is 2.59. The van der Waals surface area contributed by atoms with Crippen molar-refractivity contribution in [3.8, 4) is 0 Å². The number of fused-ring (bicyclic) bond motifs is 3. The van der Waals surface area contributed by atoms with Crippen LogP contribution in [-0.2, 0) is 6.54 Å². The zero-order valence-corrected chi connectivity index (χ0v) is 11.0. The highest BCUT2D eigenvalue weighted by Crippen LogP contribution is 2.21. The maximum absolute atomic E-state index is 4.60. The van der Waals surface area contributed by atoms with E-state index in [4.69, 9.17) is 0 Å². The first-order valence-electron chi connectivity index (χ1n) is 6.69. The predicted molar refractivity (Wildman–Crippen MR) is 79.3 cm³/mol. The van der Waals surface area contributed by atoms with Crippen molar-refractivity contribution in [3.05, 3.63) is 72.7 Å². The van der Waals surface area contributed by atoms with Crippen LogP contribution in [0.4, 0.5) is 0 Å². The summed E-state index contributed by atoms with van der Waals surface area (Å²) >= 11 is 0. The third-order valence-corrected chi connectivity index (χ3v) is 3.54. The Bertz CT molecular complexity index is 878. The number of H-pyrrole nitrogens is 1. The molecule has 4 rings (SSSR count). The molecule has 96 valence electrons. The van der Waals surface area contributed by atoms with Crippen LogP contribution in [0.15, 0.2) is 67.1 Å². The van der Waals surface area contributed by atoms with E-state index < -0.39 is 0 Å². The molecule has 0 unspecified atom stereocenters. The minimum absolute atomic E-state index is 0.832. The lowest BCUT2D eigenvalue weighted by molar-refractivity contribution is -0.689. The molecule has 2 aromatic heterocycles. The lowest BCUT2D eigenvalue weighted by Gasteiger charge is -1.98. The molecule has 2 aromatic carbocycles. The second-order valence-corrected chi connectivity index (χ2v) is 4.96. The highest BCUT2D eigenvalue weighted by molar-refractivity contribution is 6.04.